The number of furan rings is 1. The Labute approximate surface area is 133 Å². The Balaban J connectivity index is 2.11. The molecule has 7 nitrogen and oxygen atoms in total. The van der Waals surface area contributed by atoms with Crippen LogP contribution in [-0.4, -0.2) is 37.5 Å². The minimum Gasteiger partial charge on any atom is -0.469 e. The highest BCUT2D eigenvalue weighted by molar-refractivity contribution is 6.12. The summed E-state index contributed by atoms with van der Waals surface area (Å²) < 4.78 is 15.9. The van der Waals surface area contributed by atoms with Crippen molar-refractivity contribution in [3.63, 3.8) is 0 Å². The summed E-state index contributed by atoms with van der Waals surface area (Å²) in [6.07, 6.45) is 1.75. The number of nitrogens with zero attached hydrogens (tertiary/aromatic N) is 1. The van der Waals surface area contributed by atoms with Crippen molar-refractivity contribution in [1.82, 2.24) is 0 Å². The van der Waals surface area contributed by atoms with E-state index in [-0.39, 0.29) is 25.6 Å². The Morgan fingerprint density at radius 1 is 1.30 bits per heavy atom. The highest BCUT2D eigenvalue weighted by Crippen LogP contribution is 2.53. The van der Waals surface area contributed by atoms with Crippen molar-refractivity contribution in [2.45, 2.75) is 26.2 Å². The van der Waals surface area contributed by atoms with Gasteiger partial charge in [-0.2, -0.15) is 0 Å². The van der Waals surface area contributed by atoms with E-state index >= 15 is 0 Å². The molecule has 1 fully saturated rings. The zero-order chi connectivity index (χ0) is 16.4. The first kappa shape index (κ1) is 15.6. The molecule has 1 aromatic rings. The lowest BCUT2D eigenvalue weighted by Gasteiger charge is -2.29. The van der Waals surface area contributed by atoms with Crippen molar-refractivity contribution in [2.75, 3.05) is 19.8 Å². The zero-order valence-corrected chi connectivity index (χ0v) is 13.1. The average Bonchev–Trinajstić information content (AvgIpc) is 3.23. The average molecular weight is 321 g/mol. The third-order valence-electron chi connectivity index (χ3n) is 4.33. The van der Waals surface area contributed by atoms with Crippen molar-refractivity contribution >= 4 is 17.7 Å². The largest absolute Gasteiger partial charge is 0.469 e. The molecule has 1 aliphatic carbocycles. The summed E-state index contributed by atoms with van der Waals surface area (Å²) >= 11 is 0. The van der Waals surface area contributed by atoms with Crippen LogP contribution in [0.3, 0.4) is 0 Å². The molecular weight excluding hydrogens is 302 g/mol. The molecule has 3 rings (SSSR count). The number of rotatable bonds is 5. The Morgan fingerprint density at radius 2 is 2.00 bits per heavy atom. The van der Waals surface area contributed by atoms with Crippen LogP contribution in [0.2, 0.25) is 0 Å². The SMILES string of the molecule is CCOC(=O)C1(C(=O)OCC)C[C@H]2CON=C2[C@H]1c1ccco1. The summed E-state index contributed by atoms with van der Waals surface area (Å²) in [5.41, 5.74) is -0.835. The van der Waals surface area contributed by atoms with Crippen LogP contribution in [0.1, 0.15) is 31.9 Å². The van der Waals surface area contributed by atoms with Crippen molar-refractivity contribution in [2.24, 2.45) is 16.5 Å². The predicted molar refractivity (Wildman–Crippen MR) is 78.6 cm³/mol. The van der Waals surface area contributed by atoms with E-state index < -0.39 is 23.3 Å². The number of oxime groups is 1. The fourth-order valence-electron chi connectivity index (χ4n) is 3.42. The van der Waals surface area contributed by atoms with E-state index in [9.17, 15) is 9.59 Å². The molecule has 124 valence electrons. The lowest BCUT2D eigenvalue weighted by atomic mass is 9.75. The Hall–Kier alpha value is -2.31. The second-order valence-electron chi connectivity index (χ2n) is 5.57. The molecule has 0 bridgehead atoms. The van der Waals surface area contributed by atoms with Crippen LogP contribution in [0.15, 0.2) is 28.0 Å². The van der Waals surface area contributed by atoms with Crippen LogP contribution >= 0.6 is 0 Å². The predicted octanol–water partition coefficient (Wildman–Crippen LogP) is 1.88. The van der Waals surface area contributed by atoms with E-state index in [0.29, 0.717) is 18.1 Å². The fraction of sp³-hybridized carbons (Fsp3) is 0.562. The lowest BCUT2D eigenvalue weighted by molar-refractivity contribution is -0.173. The molecule has 2 heterocycles. The molecule has 1 aliphatic heterocycles. The van der Waals surface area contributed by atoms with Gasteiger partial charge in [-0.05, 0) is 32.4 Å². The number of esters is 2. The molecule has 1 aromatic heterocycles. The molecule has 0 unspecified atom stereocenters. The molecule has 2 atom stereocenters. The number of ether oxygens (including phenoxy) is 2. The van der Waals surface area contributed by atoms with Gasteiger partial charge in [0.15, 0.2) is 5.41 Å². The normalized spacial score (nSPS) is 24.5. The minimum absolute atomic E-state index is 0.126. The molecule has 0 spiro atoms. The van der Waals surface area contributed by atoms with E-state index in [1.807, 2.05) is 0 Å². The maximum absolute atomic E-state index is 12.8. The smallest absolute Gasteiger partial charge is 0.324 e. The van der Waals surface area contributed by atoms with Gasteiger partial charge in [0.25, 0.3) is 0 Å². The van der Waals surface area contributed by atoms with Crippen LogP contribution in [0.4, 0.5) is 0 Å². The summed E-state index contributed by atoms with van der Waals surface area (Å²) in [7, 11) is 0. The molecule has 0 N–H and O–H groups in total. The number of carbonyl (C=O) groups is 2. The van der Waals surface area contributed by atoms with Crippen molar-refractivity contribution < 1.29 is 28.3 Å². The topological polar surface area (TPSA) is 87.3 Å². The Bertz CT molecular complexity index is 603. The zero-order valence-electron chi connectivity index (χ0n) is 13.1. The fourth-order valence-corrected chi connectivity index (χ4v) is 3.42. The highest BCUT2D eigenvalue weighted by Gasteiger charge is 2.66. The van der Waals surface area contributed by atoms with Gasteiger partial charge < -0.3 is 18.7 Å². The summed E-state index contributed by atoms with van der Waals surface area (Å²) in [5, 5.41) is 4.06. The number of carbonyl (C=O) groups excluding carboxylic acids is 2. The van der Waals surface area contributed by atoms with Crippen molar-refractivity contribution in [3.05, 3.63) is 24.2 Å². The summed E-state index contributed by atoms with van der Waals surface area (Å²) in [6, 6.07) is 3.43. The third kappa shape index (κ3) is 2.31. The van der Waals surface area contributed by atoms with Crippen molar-refractivity contribution in [1.29, 1.82) is 0 Å². The second kappa shape index (κ2) is 6.06. The highest BCUT2D eigenvalue weighted by atomic mass is 16.6. The molecule has 0 saturated heterocycles. The molecule has 1 saturated carbocycles. The second-order valence-corrected chi connectivity index (χ2v) is 5.57. The molecule has 0 radical (unpaired) electrons. The van der Waals surface area contributed by atoms with E-state index in [1.54, 1.807) is 26.0 Å². The van der Waals surface area contributed by atoms with Gasteiger partial charge in [-0.15, -0.1) is 0 Å². The number of hydrogen-bond donors (Lipinski definition) is 0. The Kier molecular flexibility index (Phi) is 4.11. The third-order valence-corrected chi connectivity index (χ3v) is 4.33. The van der Waals surface area contributed by atoms with Gasteiger partial charge in [0.2, 0.25) is 0 Å². The van der Waals surface area contributed by atoms with Gasteiger partial charge in [-0.3, -0.25) is 9.59 Å². The first-order valence-corrected chi connectivity index (χ1v) is 7.72. The van der Waals surface area contributed by atoms with Gasteiger partial charge in [0.05, 0.1) is 31.1 Å². The summed E-state index contributed by atoms with van der Waals surface area (Å²) in [4.78, 5) is 30.7. The minimum atomic E-state index is -1.48. The van der Waals surface area contributed by atoms with Crippen LogP contribution in [-0.2, 0) is 23.9 Å². The standard InChI is InChI=1S/C16H19NO6/c1-3-20-14(18)16(15(19)21-4-2)8-10-9-23-17-13(10)12(16)11-6-5-7-22-11/h5-7,10,12H,3-4,8-9H2,1-2H3/t10-,12+/m0/s1. The van der Waals surface area contributed by atoms with E-state index in [4.69, 9.17) is 18.7 Å². The summed E-state index contributed by atoms with van der Waals surface area (Å²) in [6.45, 7) is 4.11. The molecule has 7 heteroatoms. The van der Waals surface area contributed by atoms with Gasteiger partial charge >= 0.3 is 11.9 Å². The molecule has 0 aromatic carbocycles. The van der Waals surface area contributed by atoms with Crippen LogP contribution in [0, 0.1) is 11.3 Å². The monoisotopic (exact) mass is 321 g/mol. The molecule has 0 amide bonds. The Morgan fingerprint density at radius 3 is 2.57 bits per heavy atom. The molecular formula is C16H19NO6. The first-order valence-electron chi connectivity index (χ1n) is 7.72. The maximum Gasteiger partial charge on any atom is 0.324 e. The van der Waals surface area contributed by atoms with Crippen molar-refractivity contribution in [3.8, 4) is 0 Å². The van der Waals surface area contributed by atoms with Crippen LogP contribution < -0.4 is 0 Å². The number of hydrogen-bond acceptors (Lipinski definition) is 7. The van der Waals surface area contributed by atoms with E-state index in [1.165, 1.54) is 6.26 Å². The maximum atomic E-state index is 12.8. The van der Waals surface area contributed by atoms with Crippen LogP contribution in [0.25, 0.3) is 0 Å². The first-order chi connectivity index (χ1) is 11.1. The number of fused-ring (bicyclic) bond motifs is 1. The van der Waals surface area contributed by atoms with Gasteiger partial charge in [0.1, 0.15) is 12.4 Å². The summed E-state index contributed by atoms with van der Waals surface area (Å²) in [5.74, 6) is -1.51. The lowest BCUT2D eigenvalue weighted by Crippen LogP contribution is -2.45. The molecule has 23 heavy (non-hydrogen) atoms. The van der Waals surface area contributed by atoms with Crippen LogP contribution in [0.5, 0.6) is 0 Å². The van der Waals surface area contributed by atoms with E-state index in [0.717, 1.165) is 0 Å². The van der Waals surface area contributed by atoms with Gasteiger partial charge in [0, 0.05) is 5.92 Å². The van der Waals surface area contributed by atoms with Gasteiger partial charge in [-0.25, -0.2) is 0 Å². The molecule has 2 aliphatic rings. The van der Waals surface area contributed by atoms with E-state index in [2.05, 4.69) is 5.16 Å². The van der Waals surface area contributed by atoms with Gasteiger partial charge in [-0.1, -0.05) is 5.16 Å². The quantitative estimate of drug-likeness (QED) is 0.608.